The summed E-state index contributed by atoms with van der Waals surface area (Å²) in [7, 11) is 0. The molecule has 1 heterocycles. The molecule has 1 aliphatic heterocycles. The Labute approximate surface area is 64.9 Å². The number of cyclic esters (lactones) is 1. The highest BCUT2D eigenvalue weighted by atomic mass is 16.6. The first kappa shape index (κ1) is 8.04. The fraction of sp³-hybridized carbons (Fsp3) is 0.714. The van der Waals surface area contributed by atoms with E-state index in [0.29, 0.717) is 6.42 Å². The molecule has 0 spiro atoms. The van der Waals surface area contributed by atoms with Crippen LogP contribution in [0.5, 0.6) is 0 Å². The molecular formula is C7H11NO3. The molecule has 2 atom stereocenters. The minimum Gasteiger partial charge on any atom is -0.451 e. The van der Waals surface area contributed by atoms with Gasteiger partial charge in [-0.2, -0.15) is 0 Å². The zero-order valence-electron chi connectivity index (χ0n) is 6.59. The first-order valence-electron chi connectivity index (χ1n) is 3.66. The number of rotatable bonds is 1. The highest BCUT2D eigenvalue weighted by Gasteiger charge is 2.31. The predicted molar refractivity (Wildman–Crippen MR) is 37.8 cm³/mol. The molecule has 0 radical (unpaired) electrons. The van der Waals surface area contributed by atoms with Gasteiger partial charge in [0.15, 0.2) is 6.10 Å². The summed E-state index contributed by atoms with van der Waals surface area (Å²) in [6.45, 7) is 3.40. The number of hydrogen-bond acceptors (Lipinski definition) is 3. The fourth-order valence-corrected chi connectivity index (χ4v) is 0.930. The third-order valence-electron chi connectivity index (χ3n) is 1.63. The van der Waals surface area contributed by atoms with Gasteiger partial charge in [-0.3, -0.25) is 4.79 Å². The summed E-state index contributed by atoms with van der Waals surface area (Å²) in [6.07, 6.45) is -0.0525. The summed E-state index contributed by atoms with van der Waals surface area (Å²) in [5, 5.41) is 2.52. The van der Waals surface area contributed by atoms with Crippen molar-refractivity contribution < 1.29 is 14.3 Å². The van der Waals surface area contributed by atoms with Crippen LogP contribution in [0, 0.1) is 0 Å². The summed E-state index contributed by atoms with van der Waals surface area (Å²) in [6, 6.07) is -0.495. The van der Waals surface area contributed by atoms with Crippen molar-refractivity contribution >= 4 is 11.9 Å². The van der Waals surface area contributed by atoms with E-state index in [-0.39, 0.29) is 11.9 Å². The van der Waals surface area contributed by atoms with Gasteiger partial charge in [-0.05, 0) is 13.3 Å². The Balaban J connectivity index is 2.62. The number of esters is 1. The van der Waals surface area contributed by atoms with Crippen LogP contribution in [0.2, 0.25) is 0 Å². The van der Waals surface area contributed by atoms with Gasteiger partial charge in [-0.1, -0.05) is 6.92 Å². The van der Waals surface area contributed by atoms with Gasteiger partial charge in [0.1, 0.15) is 6.04 Å². The number of carbonyl (C=O) groups excluding carboxylic acids is 2. The van der Waals surface area contributed by atoms with E-state index in [2.05, 4.69) is 5.32 Å². The average molecular weight is 157 g/mol. The van der Waals surface area contributed by atoms with E-state index in [9.17, 15) is 9.59 Å². The lowest BCUT2D eigenvalue weighted by atomic mass is 10.2. The molecule has 11 heavy (non-hydrogen) atoms. The van der Waals surface area contributed by atoms with Crippen molar-refractivity contribution in [2.45, 2.75) is 32.4 Å². The van der Waals surface area contributed by atoms with Gasteiger partial charge < -0.3 is 10.1 Å². The van der Waals surface area contributed by atoms with Crippen LogP contribution in [0.4, 0.5) is 0 Å². The maximum absolute atomic E-state index is 11.0. The molecule has 0 aromatic carbocycles. The third-order valence-corrected chi connectivity index (χ3v) is 1.63. The quantitative estimate of drug-likeness (QED) is 0.537. The Morgan fingerprint density at radius 2 is 2.18 bits per heavy atom. The zero-order chi connectivity index (χ0) is 8.43. The van der Waals surface area contributed by atoms with Crippen LogP contribution in [-0.4, -0.2) is 24.0 Å². The summed E-state index contributed by atoms with van der Waals surface area (Å²) in [5.74, 6) is -0.545. The van der Waals surface area contributed by atoms with Crippen molar-refractivity contribution in [2.75, 3.05) is 0 Å². The molecule has 0 aliphatic carbocycles. The van der Waals surface area contributed by atoms with Gasteiger partial charge >= 0.3 is 5.97 Å². The number of hydrogen-bond donors (Lipinski definition) is 1. The topological polar surface area (TPSA) is 55.4 Å². The molecule has 1 fully saturated rings. The largest absolute Gasteiger partial charge is 0.451 e. The summed E-state index contributed by atoms with van der Waals surface area (Å²) >= 11 is 0. The van der Waals surface area contributed by atoms with E-state index in [4.69, 9.17) is 4.74 Å². The van der Waals surface area contributed by atoms with Crippen LogP contribution in [0.25, 0.3) is 0 Å². The molecule has 0 aromatic rings. The average Bonchev–Trinajstić information content (AvgIpc) is 1.97. The lowest BCUT2D eigenvalue weighted by molar-refractivity contribution is -0.165. The van der Waals surface area contributed by atoms with Crippen LogP contribution in [-0.2, 0) is 14.3 Å². The minimum absolute atomic E-state index is 0.195. The van der Waals surface area contributed by atoms with E-state index in [1.165, 1.54) is 0 Å². The van der Waals surface area contributed by atoms with Gasteiger partial charge in [-0.15, -0.1) is 0 Å². The first-order chi connectivity index (χ1) is 5.15. The van der Waals surface area contributed by atoms with Crippen LogP contribution >= 0.6 is 0 Å². The zero-order valence-corrected chi connectivity index (χ0v) is 6.59. The normalized spacial score (nSPS) is 31.1. The van der Waals surface area contributed by atoms with Gasteiger partial charge in [0.25, 0.3) is 5.91 Å². The van der Waals surface area contributed by atoms with E-state index in [0.717, 1.165) is 0 Å². The number of amides is 1. The van der Waals surface area contributed by atoms with Crippen LogP contribution in [0.3, 0.4) is 0 Å². The van der Waals surface area contributed by atoms with Crippen LogP contribution in [0.15, 0.2) is 0 Å². The van der Waals surface area contributed by atoms with Crippen molar-refractivity contribution in [3.63, 3.8) is 0 Å². The van der Waals surface area contributed by atoms with Gasteiger partial charge in [0.2, 0.25) is 0 Å². The maximum atomic E-state index is 11.0. The van der Waals surface area contributed by atoms with Crippen LogP contribution < -0.4 is 5.32 Å². The number of ether oxygens (including phenoxy) is 1. The minimum atomic E-state index is -0.585. The molecule has 4 nitrogen and oxygen atoms in total. The van der Waals surface area contributed by atoms with E-state index < -0.39 is 12.1 Å². The standard InChI is InChI=1S/C7H11NO3/c1-3-5-6(9)8-4(2)7(10)11-5/h4-5H,3H2,1-2H3,(H,8,9). The van der Waals surface area contributed by atoms with Crippen molar-refractivity contribution in [2.24, 2.45) is 0 Å². The molecule has 1 aliphatic rings. The van der Waals surface area contributed by atoms with Crippen molar-refractivity contribution in [1.29, 1.82) is 0 Å². The summed E-state index contributed by atoms with van der Waals surface area (Å²) in [5.41, 5.74) is 0. The van der Waals surface area contributed by atoms with Gasteiger partial charge in [0, 0.05) is 0 Å². The van der Waals surface area contributed by atoms with Crippen molar-refractivity contribution in [1.82, 2.24) is 5.32 Å². The van der Waals surface area contributed by atoms with E-state index in [1.807, 2.05) is 0 Å². The number of carbonyl (C=O) groups is 2. The van der Waals surface area contributed by atoms with Crippen molar-refractivity contribution in [3.05, 3.63) is 0 Å². The summed E-state index contributed by atoms with van der Waals surface area (Å²) < 4.78 is 4.81. The van der Waals surface area contributed by atoms with Crippen LogP contribution in [0.1, 0.15) is 20.3 Å². The Morgan fingerprint density at radius 3 is 2.73 bits per heavy atom. The van der Waals surface area contributed by atoms with Gasteiger partial charge in [0.05, 0.1) is 0 Å². The molecule has 1 rings (SSSR count). The van der Waals surface area contributed by atoms with Gasteiger partial charge in [-0.25, -0.2) is 4.79 Å². The molecular weight excluding hydrogens is 146 g/mol. The molecule has 0 aromatic heterocycles. The lowest BCUT2D eigenvalue weighted by Crippen LogP contribution is -2.52. The maximum Gasteiger partial charge on any atom is 0.329 e. The second-order valence-electron chi connectivity index (χ2n) is 2.56. The Hall–Kier alpha value is -1.06. The monoisotopic (exact) mass is 157 g/mol. The summed E-state index contributed by atoms with van der Waals surface area (Å²) in [4.78, 5) is 21.9. The second-order valence-corrected chi connectivity index (χ2v) is 2.56. The van der Waals surface area contributed by atoms with Crippen molar-refractivity contribution in [3.8, 4) is 0 Å². The smallest absolute Gasteiger partial charge is 0.329 e. The molecule has 0 bridgehead atoms. The molecule has 1 amide bonds. The third kappa shape index (κ3) is 1.50. The molecule has 1 saturated heterocycles. The second kappa shape index (κ2) is 2.90. The highest BCUT2D eigenvalue weighted by Crippen LogP contribution is 2.06. The Kier molecular flexibility index (Phi) is 2.12. The number of nitrogens with one attached hydrogen (secondary N) is 1. The first-order valence-corrected chi connectivity index (χ1v) is 3.66. The van der Waals surface area contributed by atoms with E-state index >= 15 is 0 Å². The lowest BCUT2D eigenvalue weighted by Gasteiger charge is -2.25. The Morgan fingerprint density at radius 1 is 1.55 bits per heavy atom. The predicted octanol–water partition coefficient (Wildman–Crippen LogP) is -0.173. The molecule has 4 heteroatoms. The highest BCUT2D eigenvalue weighted by molar-refractivity contribution is 5.92. The SMILES string of the molecule is CCC1OC(=O)C(C)NC1=O. The number of morpholine rings is 1. The fourth-order valence-electron chi connectivity index (χ4n) is 0.930. The molecule has 2 unspecified atom stereocenters. The Bertz CT molecular complexity index is 190. The molecule has 62 valence electrons. The van der Waals surface area contributed by atoms with E-state index in [1.54, 1.807) is 13.8 Å². The molecule has 0 saturated carbocycles. The molecule has 1 N–H and O–H groups in total.